The molecule has 2 heterocycles. The lowest BCUT2D eigenvalue weighted by Gasteiger charge is -2.33. The van der Waals surface area contributed by atoms with Gasteiger partial charge in [0.2, 0.25) is 5.88 Å². The summed E-state index contributed by atoms with van der Waals surface area (Å²) in [7, 11) is 0. The van der Waals surface area contributed by atoms with Gasteiger partial charge in [0.1, 0.15) is 0 Å². The van der Waals surface area contributed by atoms with Gasteiger partial charge in [-0.25, -0.2) is 0 Å². The summed E-state index contributed by atoms with van der Waals surface area (Å²) in [4.78, 5) is 17.6. The second-order valence-corrected chi connectivity index (χ2v) is 8.72. The summed E-state index contributed by atoms with van der Waals surface area (Å²) in [6.45, 7) is 4.95. The Kier molecular flexibility index (Phi) is 5.58. The number of amides is 1. The number of azo groups is 1. The van der Waals surface area contributed by atoms with Gasteiger partial charge in [-0.3, -0.25) is 4.79 Å². The number of aromatic hydroxyl groups is 1. The maximum Gasteiger partial charge on any atom is 0.254 e. The lowest BCUT2D eigenvalue weighted by atomic mass is 10.0. The maximum atomic E-state index is 12.8. The number of piperidine rings is 1. The Hall–Kier alpha value is -2.42. The van der Waals surface area contributed by atoms with Crippen LogP contribution in [0.2, 0.25) is 0 Å². The summed E-state index contributed by atoms with van der Waals surface area (Å²) in [6.07, 6.45) is 3.31. The summed E-state index contributed by atoms with van der Waals surface area (Å²) in [5, 5.41) is 19.6. The zero-order chi connectivity index (χ0) is 20.5. The van der Waals surface area contributed by atoms with Crippen molar-refractivity contribution < 1.29 is 9.90 Å². The van der Waals surface area contributed by atoms with Gasteiger partial charge in [-0.05, 0) is 97.7 Å². The van der Waals surface area contributed by atoms with Crippen LogP contribution in [0.4, 0.5) is 11.4 Å². The molecule has 1 amide bonds. The average molecular weight is 502 g/mol. The molecule has 1 saturated heterocycles. The molecule has 7 heteroatoms. The SMILES string of the molecule is Cc1cc2[nH]c(O)c(N=Nc3ccc(C(=O)N4CCCC[C@H]4C)cc3)c2cc1I. The van der Waals surface area contributed by atoms with Crippen molar-refractivity contribution in [3.05, 3.63) is 51.1 Å². The molecule has 29 heavy (non-hydrogen) atoms. The predicted octanol–water partition coefficient (Wildman–Crippen LogP) is 6.22. The van der Waals surface area contributed by atoms with E-state index < -0.39 is 0 Å². The van der Waals surface area contributed by atoms with Crippen LogP contribution in [-0.4, -0.2) is 33.5 Å². The third-order valence-corrected chi connectivity index (χ3v) is 6.64. The van der Waals surface area contributed by atoms with E-state index in [4.69, 9.17) is 0 Å². The summed E-state index contributed by atoms with van der Waals surface area (Å²) >= 11 is 2.26. The Labute approximate surface area is 183 Å². The van der Waals surface area contributed by atoms with Gasteiger partial charge < -0.3 is 15.0 Å². The molecular weight excluding hydrogens is 479 g/mol. The van der Waals surface area contributed by atoms with Crippen LogP contribution in [0.1, 0.15) is 42.1 Å². The van der Waals surface area contributed by atoms with E-state index >= 15 is 0 Å². The first-order chi connectivity index (χ1) is 13.9. The van der Waals surface area contributed by atoms with Gasteiger partial charge >= 0.3 is 0 Å². The Bertz CT molecular complexity index is 1090. The molecule has 0 unspecified atom stereocenters. The van der Waals surface area contributed by atoms with E-state index in [1.54, 1.807) is 24.3 Å². The number of fused-ring (bicyclic) bond motifs is 1. The molecule has 1 aromatic heterocycles. The highest BCUT2D eigenvalue weighted by Gasteiger charge is 2.24. The van der Waals surface area contributed by atoms with Gasteiger partial charge in [0.05, 0.1) is 11.2 Å². The van der Waals surface area contributed by atoms with Crippen LogP contribution in [0, 0.1) is 10.5 Å². The van der Waals surface area contributed by atoms with Crippen LogP contribution in [0.15, 0.2) is 46.6 Å². The minimum absolute atomic E-state index is 0.00367. The normalized spacial score (nSPS) is 17.3. The fraction of sp³-hybridized carbons (Fsp3) is 0.318. The number of aromatic nitrogens is 1. The molecule has 1 aliphatic rings. The molecule has 0 aliphatic carbocycles. The molecule has 4 rings (SSSR count). The smallest absolute Gasteiger partial charge is 0.254 e. The molecule has 6 nitrogen and oxygen atoms in total. The maximum absolute atomic E-state index is 12.8. The molecule has 0 saturated carbocycles. The fourth-order valence-electron chi connectivity index (χ4n) is 3.74. The van der Waals surface area contributed by atoms with Crippen molar-refractivity contribution in [2.45, 2.75) is 39.2 Å². The zero-order valence-electron chi connectivity index (χ0n) is 16.4. The second kappa shape index (κ2) is 8.14. The van der Waals surface area contributed by atoms with Crippen LogP contribution in [0.5, 0.6) is 5.88 Å². The van der Waals surface area contributed by atoms with Gasteiger partial charge in [-0.1, -0.05) is 0 Å². The fourth-order valence-corrected chi connectivity index (χ4v) is 4.21. The summed E-state index contributed by atoms with van der Waals surface area (Å²) < 4.78 is 1.10. The van der Waals surface area contributed by atoms with Gasteiger partial charge in [0, 0.05) is 27.1 Å². The van der Waals surface area contributed by atoms with Crippen molar-refractivity contribution in [1.29, 1.82) is 0 Å². The van der Waals surface area contributed by atoms with E-state index in [0.717, 1.165) is 39.4 Å². The monoisotopic (exact) mass is 502 g/mol. The first kappa shape index (κ1) is 19.9. The van der Waals surface area contributed by atoms with Crippen LogP contribution < -0.4 is 0 Å². The molecular formula is C22H23IN4O2. The number of rotatable bonds is 3. The minimum atomic E-state index is -0.00367. The molecule has 1 fully saturated rings. The number of halogens is 1. The number of hydrogen-bond acceptors (Lipinski definition) is 4. The van der Waals surface area contributed by atoms with Gasteiger partial charge in [-0.2, -0.15) is 5.11 Å². The molecule has 150 valence electrons. The molecule has 1 aliphatic heterocycles. The molecule has 0 bridgehead atoms. The van der Waals surface area contributed by atoms with E-state index in [1.165, 1.54) is 6.42 Å². The van der Waals surface area contributed by atoms with Crippen molar-refractivity contribution in [2.75, 3.05) is 6.54 Å². The Morgan fingerprint density at radius 2 is 1.97 bits per heavy atom. The number of aryl methyl sites for hydroxylation is 1. The summed E-state index contributed by atoms with van der Waals surface area (Å²) in [5.74, 6) is 0.0657. The van der Waals surface area contributed by atoms with Crippen LogP contribution in [0.3, 0.4) is 0 Å². The van der Waals surface area contributed by atoms with E-state index in [0.29, 0.717) is 16.9 Å². The number of nitrogens with zero attached hydrogens (tertiary/aromatic N) is 3. The quantitative estimate of drug-likeness (QED) is 0.330. The van der Waals surface area contributed by atoms with Crippen molar-refractivity contribution >= 4 is 50.8 Å². The number of aromatic amines is 1. The van der Waals surface area contributed by atoms with Gasteiger partial charge in [0.25, 0.3) is 5.91 Å². The summed E-state index contributed by atoms with van der Waals surface area (Å²) in [5.41, 5.74) is 3.67. The standard InChI is InChI=1S/C22H23IN4O2/c1-13-11-19-17(12-18(13)23)20(21(28)24-19)26-25-16-8-6-15(7-9-16)22(29)27-10-4-3-5-14(27)2/h6-9,11-12,14,24,28H,3-5,10H2,1-2H3/t14-/m1/s1. The number of benzene rings is 2. The van der Waals surface area contributed by atoms with Crippen molar-refractivity contribution in [3.8, 4) is 5.88 Å². The molecule has 0 radical (unpaired) electrons. The van der Waals surface area contributed by atoms with E-state index in [9.17, 15) is 9.90 Å². The van der Waals surface area contributed by atoms with Gasteiger partial charge in [-0.15, -0.1) is 5.11 Å². The third kappa shape index (κ3) is 4.01. The highest BCUT2D eigenvalue weighted by Crippen LogP contribution is 2.37. The summed E-state index contributed by atoms with van der Waals surface area (Å²) in [6, 6.07) is 11.4. The average Bonchev–Trinajstić information content (AvgIpc) is 3.01. The number of H-pyrrole nitrogens is 1. The molecule has 2 N–H and O–H groups in total. The molecule has 1 atom stereocenters. The topological polar surface area (TPSA) is 81.0 Å². The Balaban J connectivity index is 1.55. The number of hydrogen-bond donors (Lipinski definition) is 2. The minimum Gasteiger partial charge on any atom is -0.493 e. The van der Waals surface area contributed by atoms with Crippen LogP contribution in [0.25, 0.3) is 10.9 Å². The number of nitrogens with one attached hydrogen (secondary N) is 1. The van der Waals surface area contributed by atoms with Crippen molar-refractivity contribution in [2.24, 2.45) is 10.2 Å². The van der Waals surface area contributed by atoms with E-state index in [2.05, 4.69) is 44.7 Å². The zero-order valence-corrected chi connectivity index (χ0v) is 18.6. The second-order valence-electron chi connectivity index (χ2n) is 7.56. The third-order valence-electron chi connectivity index (χ3n) is 5.47. The van der Waals surface area contributed by atoms with E-state index in [-0.39, 0.29) is 17.8 Å². The first-order valence-corrected chi connectivity index (χ1v) is 10.9. The van der Waals surface area contributed by atoms with Crippen molar-refractivity contribution in [3.63, 3.8) is 0 Å². The Morgan fingerprint density at radius 3 is 2.69 bits per heavy atom. The molecule has 3 aromatic rings. The number of carbonyl (C=O) groups excluding carboxylic acids is 1. The molecule has 0 spiro atoms. The van der Waals surface area contributed by atoms with Crippen LogP contribution in [-0.2, 0) is 0 Å². The predicted molar refractivity (Wildman–Crippen MR) is 122 cm³/mol. The lowest BCUT2D eigenvalue weighted by Crippen LogP contribution is -2.41. The first-order valence-electron chi connectivity index (χ1n) is 9.77. The lowest BCUT2D eigenvalue weighted by molar-refractivity contribution is 0.0635. The van der Waals surface area contributed by atoms with Gasteiger partial charge in [0.15, 0.2) is 5.69 Å². The van der Waals surface area contributed by atoms with E-state index in [1.807, 2.05) is 24.0 Å². The largest absolute Gasteiger partial charge is 0.493 e. The highest BCUT2D eigenvalue weighted by atomic mass is 127. The number of carbonyl (C=O) groups is 1. The Morgan fingerprint density at radius 1 is 1.21 bits per heavy atom. The van der Waals surface area contributed by atoms with Crippen molar-refractivity contribution in [1.82, 2.24) is 9.88 Å². The molecule has 2 aromatic carbocycles. The highest BCUT2D eigenvalue weighted by molar-refractivity contribution is 14.1. The number of likely N-dealkylation sites (tertiary alicyclic amines) is 1. The van der Waals surface area contributed by atoms with Crippen LogP contribution >= 0.6 is 22.6 Å².